The number of nitrogens with two attached hydrogens (primary N) is 1. The van der Waals surface area contributed by atoms with Crippen LogP contribution in [0.25, 0.3) is 0 Å². The van der Waals surface area contributed by atoms with Crippen molar-refractivity contribution < 1.29 is 4.74 Å². The van der Waals surface area contributed by atoms with Crippen LogP contribution in [0, 0.1) is 0 Å². The SMILES string of the molecule is CCc1cc(Cl)c(N)cc1OCc1ccccc1. The van der Waals surface area contributed by atoms with Crippen LogP contribution < -0.4 is 10.5 Å². The monoisotopic (exact) mass is 261 g/mol. The highest BCUT2D eigenvalue weighted by molar-refractivity contribution is 6.33. The van der Waals surface area contributed by atoms with E-state index in [9.17, 15) is 0 Å². The predicted octanol–water partition coefficient (Wildman–Crippen LogP) is 4.06. The maximum Gasteiger partial charge on any atom is 0.125 e. The summed E-state index contributed by atoms with van der Waals surface area (Å²) in [5.74, 6) is 0.809. The van der Waals surface area contributed by atoms with Gasteiger partial charge in [0.15, 0.2) is 0 Å². The first kappa shape index (κ1) is 12.8. The van der Waals surface area contributed by atoms with Crippen LogP contribution in [0.2, 0.25) is 5.02 Å². The molecule has 0 bridgehead atoms. The number of benzene rings is 2. The van der Waals surface area contributed by atoms with Gasteiger partial charge in [-0.05, 0) is 23.6 Å². The van der Waals surface area contributed by atoms with Crippen molar-refractivity contribution in [3.05, 3.63) is 58.6 Å². The molecule has 0 heterocycles. The number of aryl methyl sites for hydroxylation is 1. The molecule has 0 aliphatic heterocycles. The Balaban J connectivity index is 2.16. The molecule has 0 saturated carbocycles. The van der Waals surface area contributed by atoms with E-state index in [0.717, 1.165) is 23.3 Å². The predicted molar refractivity (Wildman–Crippen MR) is 76.0 cm³/mol. The molecular weight excluding hydrogens is 246 g/mol. The Morgan fingerprint density at radius 3 is 2.56 bits per heavy atom. The van der Waals surface area contributed by atoms with Crippen molar-refractivity contribution in [1.82, 2.24) is 0 Å². The summed E-state index contributed by atoms with van der Waals surface area (Å²) in [5, 5.41) is 0.582. The molecule has 0 fully saturated rings. The first-order valence-electron chi connectivity index (χ1n) is 5.95. The largest absolute Gasteiger partial charge is 0.489 e. The molecule has 2 aromatic rings. The fourth-order valence-electron chi connectivity index (χ4n) is 1.76. The van der Waals surface area contributed by atoms with Gasteiger partial charge in [0.25, 0.3) is 0 Å². The van der Waals surface area contributed by atoms with Crippen molar-refractivity contribution in [2.45, 2.75) is 20.0 Å². The molecule has 0 amide bonds. The fourth-order valence-corrected chi connectivity index (χ4v) is 1.94. The second-order valence-corrected chi connectivity index (χ2v) is 4.52. The van der Waals surface area contributed by atoms with E-state index in [4.69, 9.17) is 22.1 Å². The maximum atomic E-state index is 6.00. The van der Waals surface area contributed by atoms with E-state index >= 15 is 0 Å². The zero-order valence-electron chi connectivity index (χ0n) is 10.3. The molecule has 2 nitrogen and oxygen atoms in total. The van der Waals surface area contributed by atoms with Crippen LogP contribution in [0.4, 0.5) is 5.69 Å². The van der Waals surface area contributed by atoms with E-state index in [1.807, 2.05) is 36.4 Å². The third-order valence-corrected chi connectivity index (χ3v) is 3.13. The Kier molecular flexibility index (Phi) is 4.11. The Morgan fingerprint density at radius 2 is 1.89 bits per heavy atom. The van der Waals surface area contributed by atoms with Crippen molar-refractivity contribution in [3.8, 4) is 5.75 Å². The van der Waals surface area contributed by atoms with Gasteiger partial charge in [0, 0.05) is 6.07 Å². The summed E-state index contributed by atoms with van der Waals surface area (Å²) in [6.45, 7) is 2.60. The first-order valence-corrected chi connectivity index (χ1v) is 6.33. The average Bonchev–Trinajstić information content (AvgIpc) is 2.41. The van der Waals surface area contributed by atoms with Crippen molar-refractivity contribution in [1.29, 1.82) is 0 Å². The summed E-state index contributed by atoms with van der Waals surface area (Å²) in [6, 6.07) is 13.7. The van der Waals surface area contributed by atoms with E-state index in [1.165, 1.54) is 0 Å². The topological polar surface area (TPSA) is 35.2 Å². The lowest BCUT2D eigenvalue weighted by atomic mass is 10.1. The summed E-state index contributed by atoms with van der Waals surface area (Å²) in [7, 11) is 0. The molecule has 0 aromatic heterocycles. The fraction of sp³-hybridized carbons (Fsp3) is 0.200. The van der Waals surface area contributed by atoms with Gasteiger partial charge in [0.1, 0.15) is 12.4 Å². The van der Waals surface area contributed by atoms with Gasteiger partial charge in [-0.3, -0.25) is 0 Å². The second-order valence-electron chi connectivity index (χ2n) is 4.11. The van der Waals surface area contributed by atoms with E-state index in [2.05, 4.69) is 6.92 Å². The van der Waals surface area contributed by atoms with E-state index in [-0.39, 0.29) is 0 Å². The Bertz CT molecular complexity index is 526. The van der Waals surface area contributed by atoms with Crippen LogP contribution in [0.5, 0.6) is 5.75 Å². The third kappa shape index (κ3) is 2.96. The molecule has 2 rings (SSSR count). The minimum atomic E-state index is 0.537. The minimum Gasteiger partial charge on any atom is -0.489 e. The molecule has 2 aromatic carbocycles. The molecule has 94 valence electrons. The van der Waals surface area contributed by atoms with E-state index in [0.29, 0.717) is 17.3 Å². The number of nitrogen functional groups attached to an aromatic ring is 1. The number of ether oxygens (including phenoxy) is 1. The summed E-state index contributed by atoms with van der Waals surface area (Å²) in [4.78, 5) is 0. The van der Waals surface area contributed by atoms with Gasteiger partial charge < -0.3 is 10.5 Å². The van der Waals surface area contributed by atoms with Gasteiger partial charge in [-0.1, -0.05) is 48.9 Å². The highest BCUT2D eigenvalue weighted by atomic mass is 35.5. The van der Waals surface area contributed by atoms with Crippen molar-refractivity contribution in [2.24, 2.45) is 0 Å². The first-order chi connectivity index (χ1) is 8.70. The Labute approximate surface area is 112 Å². The molecule has 0 aliphatic carbocycles. The number of anilines is 1. The number of hydrogen-bond donors (Lipinski definition) is 1. The maximum absolute atomic E-state index is 6.00. The lowest BCUT2D eigenvalue weighted by Crippen LogP contribution is -1.99. The van der Waals surface area contributed by atoms with Crippen LogP contribution in [0.15, 0.2) is 42.5 Å². The van der Waals surface area contributed by atoms with Crippen molar-refractivity contribution in [2.75, 3.05) is 5.73 Å². The van der Waals surface area contributed by atoms with Crippen LogP contribution in [-0.4, -0.2) is 0 Å². The highest BCUT2D eigenvalue weighted by Crippen LogP contribution is 2.29. The van der Waals surface area contributed by atoms with Gasteiger partial charge in [-0.25, -0.2) is 0 Å². The molecular formula is C15H16ClNO. The Hall–Kier alpha value is -1.67. The molecule has 0 saturated heterocycles. The lowest BCUT2D eigenvalue weighted by molar-refractivity contribution is 0.303. The minimum absolute atomic E-state index is 0.537. The smallest absolute Gasteiger partial charge is 0.125 e. The third-order valence-electron chi connectivity index (χ3n) is 2.80. The quantitative estimate of drug-likeness (QED) is 0.843. The van der Waals surface area contributed by atoms with Gasteiger partial charge in [-0.2, -0.15) is 0 Å². The zero-order valence-corrected chi connectivity index (χ0v) is 11.1. The van der Waals surface area contributed by atoms with E-state index in [1.54, 1.807) is 6.07 Å². The molecule has 0 atom stereocenters. The van der Waals surface area contributed by atoms with Gasteiger partial charge in [0.2, 0.25) is 0 Å². The lowest BCUT2D eigenvalue weighted by Gasteiger charge is -2.12. The average molecular weight is 262 g/mol. The molecule has 3 heteroatoms. The normalized spacial score (nSPS) is 10.3. The van der Waals surface area contributed by atoms with Gasteiger partial charge >= 0.3 is 0 Å². The Morgan fingerprint density at radius 1 is 1.17 bits per heavy atom. The summed E-state index contributed by atoms with van der Waals surface area (Å²) in [5.41, 5.74) is 8.56. The molecule has 0 unspecified atom stereocenters. The number of hydrogen-bond acceptors (Lipinski definition) is 2. The van der Waals surface area contributed by atoms with Crippen LogP contribution in [0.1, 0.15) is 18.1 Å². The van der Waals surface area contributed by atoms with Crippen molar-refractivity contribution in [3.63, 3.8) is 0 Å². The molecule has 0 spiro atoms. The summed E-state index contributed by atoms with van der Waals surface area (Å²) in [6.07, 6.45) is 0.865. The van der Waals surface area contributed by atoms with Crippen molar-refractivity contribution >= 4 is 17.3 Å². The molecule has 18 heavy (non-hydrogen) atoms. The van der Waals surface area contributed by atoms with Crippen LogP contribution in [0.3, 0.4) is 0 Å². The number of halogens is 1. The second kappa shape index (κ2) is 5.78. The summed E-state index contributed by atoms with van der Waals surface area (Å²) < 4.78 is 5.81. The van der Waals surface area contributed by atoms with Crippen LogP contribution in [-0.2, 0) is 13.0 Å². The molecule has 0 aliphatic rings. The summed E-state index contributed by atoms with van der Waals surface area (Å²) >= 11 is 6.00. The molecule has 2 N–H and O–H groups in total. The molecule has 0 radical (unpaired) electrons. The van der Waals surface area contributed by atoms with Gasteiger partial charge in [0.05, 0.1) is 10.7 Å². The zero-order chi connectivity index (χ0) is 13.0. The van der Waals surface area contributed by atoms with E-state index < -0.39 is 0 Å². The van der Waals surface area contributed by atoms with Crippen LogP contribution >= 0.6 is 11.6 Å². The highest BCUT2D eigenvalue weighted by Gasteiger charge is 2.07. The number of rotatable bonds is 4. The standard InChI is InChI=1S/C15H16ClNO/c1-2-12-8-13(16)14(17)9-15(12)18-10-11-6-4-3-5-7-11/h3-9H,2,10,17H2,1H3. The van der Waals surface area contributed by atoms with Gasteiger partial charge in [-0.15, -0.1) is 0 Å².